The number of anilines is 1. The van der Waals surface area contributed by atoms with Crippen molar-refractivity contribution >= 4 is 11.5 Å². The monoisotopic (exact) mass is 354 g/mol. The highest BCUT2D eigenvalue weighted by atomic mass is 16.5. The van der Waals surface area contributed by atoms with E-state index in [1.165, 1.54) is 19.2 Å². The molecule has 0 amide bonds. The summed E-state index contributed by atoms with van der Waals surface area (Å²) in [5, 5.41) is 17.3. The molecule has 3 aromatic rings. The maximum Gasteiger partial charge on any atom is 0.240 e. The highest BCUT2D eigenvalue weighted by Crippen LogP contribution is 2.28. The normalized spacial score (nSPS) is 19.6. The van der Waals surface area contributed by atoms with Gasteiger partial charge in [-0.2, -0.15) is 9.50 Å². The quantitative estimate of drug-likeness (QED) is 0.696. The second-order valence-electron chi connectivity index (χ2n) is 7.10. The summed E-state index contributed by atoms with van der Waals surface area (Å²) in [5.74, 6) is 3.07. The Morgan fingerprint density at radius 3 is 2.65 bits per heavy atom. The van der Waals surface area contributed by atoms with Crippen molar-refractivity contribution in [3.8, 4) is 0 Å². The van der Waals surface area contributed by atoms with Crippen LogP contribution in [0.15, 0.2) is 23.0 Å². The SMILES string of the molecule is c1noc(CN2CCC(c3nnc4ccc(N5CCCC5)nn34)CC2)n1. The van der Waals surface area contributed by atoms with Crippen molar-refractivity contribution in [2.24, 2.45) is 0 Å². The average Bonchev–Trinajstić information content (AvgIpc) is 3.43. The fourth-order valence-electron chi connectivity index (χ4n) is 3.97. The van der Waals surface area contributed by atoms with E-state index in [0.717, 1.165) is 56.3 Å². The van der Waals surface area contributed by atoms with Crippen LogP contribution in [0.4, 0.5) is 5.82 Å². The van der Waals surface area contributed by atoms with Gasteiger partial charge >= 0.3 is 0 Å². The molecule has 9 heteroatoms. The van der Waals surface area contributed by atoms with Crippen LogP contribution in [0.5, 0.6) is 0 Å². The molecule has 0 atom stereocenters. The van der Waals surface area contributed by atoms with Crippen LogP contribution in [0.1, 0.15) is 43.3 Å². The first-order valence-electron chi connectivity index (χ1n) is 9.32. The molecule has 0 aromatic carbocycles. The van der Waals surface area contributed by atoms with E-state index in [9.17, 15) is 0 Å². The van der Waals surface area contributed by atoms with Crippen LogP contribution in [0, 0.1) is 0 Å². The van der Waals surface area contributed by atoms with Crippen molar-refractivity contribution in [2.45, 2.75) is 38.1 Å². The summed E-state index contributed by atoms with van der Waals surface area (Å²) in [5.41, 5.74) is 0.830. The lowest BCUT2D eigenvalue weighted by atomic mass is 9.96. The highest BCUT2D eigenvalue weighted by Gasteiger charge is 2.26. The lowest BCUT2D eigenvalue weighted by Gasteiger charge is -2.29. The van der Waals surface area contributed by atoms with Gasteiger partial charge in [0.15, 0.2) is 17.8 Å². The van der Waals surface area contributed by atoms with E-state index in [-0.39, 0.29) is 0 Å². The Balaban J connectivity index is 1.32. The molecule has 3 aromatic heterocycles. The molecule has 2 fully saturated rings. The number of nitrogens with zero attached hydrogens (tertiary/aromatic N) is 8. The van der Waals surface area contributed by atoms with Gasteiger partial charge in [-0.15, -0.1) is 15.3 Å². The van der Waals surface area contributed by atoms with Crippen LogP contribution in [0.25, 0.3) is 5.65 Å². The molecular weight excluding hydrogens is 332 g/mol. The largest absolute Gasteiger partial charge is 0.355 e. The van der Waals surface area contributed by atoms with Crippen LogP contribution in [-0.2, 0) is 6.54 Å². The number of rotatable bonds is 4. The number of likely N-dealkylation sites (tertiary alicyclic amines) is 1. The standard InChI is InChI=1S/C17H22N8O/c1-2-8-24(7-1)15-4-3-14-20-21-17(25(14)22-15)13-5-9-23(10-6-13)11-16-18-12-19-26-16/h3-4,12-13H,1-2,5-11H2. The molecule has 9 nitrogen and oxygen atoms in total. The second-order valence-corrected chi connectivity index (χ2v) is 7.10. The zero-order valence-electron chi connectivity index (χ0n) is 14.7. The lowest BCUT2D eigenvalue weighted by Crippen LogP contribution is -2.33. The molecule has 0 aliphatic carbocycles. The summed E-state index contributed by atoms with van der Waals surface area (Å²) in [7, 11) is 0. The van der Waals surface area contributed by atoms with E-state index in [1.54, 1.807) is 0 Å². The minimum atomic E-state index is 0.380. The smallest absolute Gasteiger partial charge is 0.240 e. The molecule has 136 valence electrons. The van der Waals surface area contributed by atoms with Crippen LogP contribution >= 0.6 is 0 Å². The molecule has 0 N–H and O–H groups in total. The van der Waals surface area contributed by atoms with Gasteiger partial charge < -0.3 is 9.42 Å². The number of aromatic nitrogens is 6. The van der Waals surface area contributed by atoms with Gasteiger partial charge in [-0.3, -0.25) is 4.90 Å². The summed E-state index contributed by atoms with van der Waals surface area (Å²) in [6, 6.07) is 4.09. The van der Waals surface area contributed by atoms with Crippen molar-refractivity contribution in [3.63, 3.8) is 0 Å². The first-order valence-corrected chi connectivity index (χ1v) is 9.32. The summed E-state index contributed by atoms with van der Waals surface area (Å²) in [6.07, 6.45) is 6.00. The summed E-state index contributed by atoms with van der Waals surface area (Å²) < 4.78 is 7.06. The zero-order chi connectivity index (χ0) is 17.3. The molecule has 2 aliphatic rings. The average molecular weight is 354 g/mol. The Bertz CT molecular complexity index is 862. The van der Waals surface area contributed by atoms with Crippen molar-refractivity contribution in [1.82, 2.24) is 34.9 Å². The zero-order valence-corrected chi connectivity index (χ0v) is 14.7. The molecule has 0 saturated carbocycles. The van der Waals surface area contributed by atoms with Gasteiger partial charge in [0.25, 0.3) is 0 Å². The van der Waals surface area contributed by atoms with Crippen LogP contribution in [0.3, 0.4) is 0 Å². The van der Waals surface area contributed by atoms with E-state index in [1.807, 2.05) is 10.6 Å². The maximum atomic E-state index is 5.11. The Morgan fingerprint density at radius 1 is 1.04 bits per heavy atom. The molecule has 5 heterocycles. The van der Waals surface area contributed by atoms with Gasteiger partial charge in [0.2, 0.25) is 5.89 Å². The molecule has 0 radical (unpaired) electrons. The molecule has 2 aliphatic heterocycles. The highest BCUT2D eigenvalue weighted by molar-refractivity contribution is 5.46. The molecule has 5 rings (SSSR count). The van der Waals surface area contributed by atoms with Crippen LogP contribution in [-0.4, -0.2) is 61.0 Å². The third-order valence-corrected chi connectivity index (χ3v) is 5.42. The van der Waals surface area contributed by atoms with Crippen LogP contribution in [0.2, 0.25) is 0 Å². The van der Waals surface area contributed by atoms with Crippen LogP contribution < -0.4 is 4.90 Å². The fraction of sp³-hybridized carbons (Fsp3) is 0.588. The molecule has 0 unspecified atom stereocenters. The van der Waals surface area contributed by atoms with Gasteiger partial charge in [-0.05, 0) is 50.9 Å². The summed E-state index contributed by atoms with van der Waals surface area (Å²) in [4.78, 5) is 8.79. The fourth-order valence-corrected chi connectivity index (χ4v) is 3.97. The van der Waals surface area contributed by atoms with E-state index in [4.69, 9.17) is 9.62 Å². The summed E-state index contributed by atoms with van der Waals surface area (Å²) >= 11 is 0. The Labute approximate surface area is 151 Å². The molecule has 0 bridgehead atoms. The van der Waals surface area contributed by atoms with Crippen molar-refractivity contribution < 1.29 is 4.52 Å². The molecule has 2 saturated heterocycles. The molecular formula is C17H22N8O. The Kier molecular flexibility index (Phi) is 4.00. The van der Waals surface area contributed by atoms with E-state index in [2.05, 4.69) is 36.2 Å². The minimum Gasteiger partial charge on any atom is -0.355 e. The van der Waals surface area contributed by atoms with Crippen molar-refractivity contribution in [1.29, 1.82) is 0 Å². The maximum absolute atomic E-state index is 5.11. The molecule has 26 heavy (non-hydrogen) atoms. The second kappa shape index (κ2) is 6.64. The third kappa shape index (κ3) is 2.92. The first kappa shape index (κ1) is 15.7. The van der Waals surface area contributed by atoms with Gasteiger partial charge in [-0.25, -0.2) is 0 Å². The Hall–Kier alpha value is -2.55. The minimum absolute atomic E-state index is 0.380. The lowest BCUT2D eigenvalue weighted by molar-refractivity contribution is 0.178. The Morgan fingerprint density at radius 2 is 1.88 bits per heavy atom. The van der Waals surface area contributed by atoms with E-state index >= 15 is 0 Å². The van der Waals surface area contributed by atoms with Gasteiger partial charge in [0.1, 0.15) is 5.82 Å². The predicted octanol–water partition coefficient (Wildman–Crippen LogP) is 1.49. The third-order valence-electron chi connectivity index (χ3n) is 5.42. The molecule has 0 spiro atoms. The van der Waals surface area contributed by atoms with Gasteiger partial charge in [0.05, 0.1) is 6.54 Å². The summed E-state index contributed by atoms with van der Waals surface area (Å²) in [6.45, 7) is 4.85. The topological polar surface area (TPSA) is 88.5 Å². The van der Waals surface area contributed by atoms with E-state index in [0.29, 0.717) is 18.4 Å². The van der Waals surface area contributed by atoms with Crippen molar-refractivity contribution in [2.75, 3.05) is 31.1 Å². The van der Waals surface area contributed by atoms with Crippen molar-refractivity contribution in [3.05, 3.63) is 30.2 Å². The predicted molar refractivity (Wildman–Crippen MR) is 93.8 cm³/mol. The number of piperidine rings is 1. The number of hydrogen-bond acceptors (Lipinski definition) is 8. The van der Waals surface area contributed by atoms with E-state index < -0.39 is 0 Å². The van der Waals surface area contributed by atoms with Gasteiger partial charge in [-0.1, -0.05) is 5.16 Å². The van der Waals surface area contributed by atoms with Gasteiger partial charge in [0, 0.05) is 19.0 Å². The number of fused-ring (bicyclic) bond motifs is 1. The first-order chi connectivity index (χ1) is 12.9. The number of hydrogen-bond donors (Lipinski definition) is 0.